The van der Waals surface area contributed by atoms with Crippen molar-refractivity contribution in [2.45, 2.75) is 13.0 Å². The molecule has 3 N–H and O–H groups in total. The second-order valence-electron chi connectivity index (χ2n) is 4.41. The van der Waals surface area contributed by atoms with Gasteiger partial charge in [-0.25, -0.2) is 0 Å². The topological polar surface area (TPSA) is 86.2 Å². The fourth-order valence-corrected chi connectivity index (χ4v) is 2.31. The average Bonchev–Trinajstić information content (AvgIpc) is 2.77. The van der Waals surface area contributed by atoms with Crippen LogP contribution in [0.4, 0.5) is 0 Å². The molecule has 0 radical (unpaired) electrons. The van der Waals surface area contributed by atoms with Gasteiger partial charge in [0.25, 0.3) is 0 Å². The van der Waals surface area contributed by atoms with E-state index in [0.717, 1.165) is 27.4 Å². The molecule has 19 heavy (non-hydrogen) atoms. The van der Waals surface area contributed by atoms with Crippen LogP contribution < -0.4 is 0 Å². The first-order chi connectivity index (χ1) is 9.19. The van der Waals surface area contributed by atoms with Crippen molar-refractivity contribution in [2.24, 2.45) is 0 Å². The predicted molar refractivity (Wildman–Crippen MR) is 70.9 cm³/mol. The number of hydrogen-bond donors (Lipinski definition) is 3. The van der Waals surface area contributed by atoms with Crippen molar-refractivity contribution in [3.63, 3.8) is 0 Å². The summed E-state index contributed by atoms with van der Waals surface area (Å²) in [7, 11) is 0. The zero-order valence-corrected chi connectivity index (χ0v) is 10.1. The molecular weight excluding hydrogens is 244 g/mol. The van der Waals surface area contributed by atoms with E-state index in [4.69, 9.17) is 10.2 Å². The molecular formula is C14H12N2O3. The van der Waals surface area contributed by atoms with Crippen molar-refractivity contribution in [3.8, 4) is 0 Å². The molecule has 0 aliphatic carbocycles. The molecule has 0 saturated heterocycles. The van der Waals surface area contributed by atoms with Crippen LogP contribution in [0.1, 0.15) is 11.3 Å². The maximum atomic E-state index is 10.8. The number of benzene rings is 1. The molecule has 0 saturated carbocycles. The molecule has 3 rings (SSSR count). The number of aromatic nitrogens is 2. The Balaban J connectivity index is 2.29. The van der Waals surface area contributed by atoms with Crippen LogP contribution in [0.2, 0.25) is 0 Å². The third-order valence-corrected chi connectivity index (χ3v) is 3.16. The summed E-state index contributed by atoms with van der Waals surface area (Å²) < 4.78 is 0. The van der Waals surface area contributed by atoms with Gasteiger partial charge >= 0.3 is 5.97 Å². The Kier molecular flexibility index (Phi) is 2.68. The zero-order valence-electron chi connectivity index (χ0n) is 10.1. The number of aromatic amines is 1. The first-order valence-corrected chi connectivity index (χ1v) is 5.90. The highest BCUT2D eigenvalue weighted by Gasteiger charge is 2.11. The minimum Gasteiger partial charge on any atom is -0.481 e. The maximum Gasteiger partial charge on any atom is 0.309 e. The third kappa shape index (κ3) is 1.94. The number of pyridine rings is 1. The number of carboxylic acid groups (broad SMARTS) is 1. The molecule has 0 bridgehead atoms. The predicted octanol–water partition coefficient (Wildman–Crippen LogP) is 1.84. The molecule has 1 aromatic carbocycles. The monoisotopic (exact) mass is 256 g/mol. The van der Waals surface area contributed by atoms with E-state index in [1.807, 2.05) is 24.3 Å². The molecule has 0 fully saturated rings. The van der Waals surface area contributed by atoms with Crippen LogP contribution in [0.25, 0.3) is 21.8 Å². The van der Waals surface area contributed by atoms with E-state index in [1.54, 1.807) is 6.20 Å². The largest absolute Gasteiger partial charge is 0.481 e. The zero-order chi connectivity index (χ0) is 13.4. The van der Waals surface area contributed by atoms with Gasteiger partial charge in [0.2, 0.25) is 0 Å². The van der Waals surface area contributed by atoms with E-state index in [9.17, 15) is 4.79 Å². The van der Waals surface area contributed by atoms with Crippen LogP contribution in [0.3, 0.4) is 0 Å². The number of carboxylic acids is 1. The molecule has 3 aromatic rings. The molecule has 0 amide bonds. The number of H-pyrrole nitrogens is 1. The van der Waals surface area contributed by atoms with Gasteiger partial charge in [-0.15, -0.1) is 0 Å². The lowest BCUT2D eigenvalue weighted by Crippen LogP contribution is -2.02. The minimum atomic E-state index is -0.908. The van der Waals surface area contributed by atoms with Crippen molar-refractivity contribution in [1.29, 1.82) is 0 Å². The molecule has 2 aromatic heterocycles. The number of fused-ring (bicyclic) bond motifs is 3. The summed E-state index contributed by atoms with van der Waals surface area (Å²) in [6.07, 6.45) is 1.50. The van der Waals surface area contributed by atoms with E-state index >= 15 is 0 Å². The van der Waals surface area contributed by atoms with Crippen LogP contribution >= 0.6 is 0 Å². The molecule has 0 atom stereocenters. The second kappa shape index (κ2) is 4.37. The number of aliphatic hydroxyl groups is 1. The van der Waals surface area contributed by atoms with Crippen molar-refractivity contribution in [2.75, 3.05) is 0 Å². The highest BCUT2D eigenvalue weighted by Crippen LogP contribution is 2.27. The number of rotatable bonds is 3. The van der Waals surface area contributed by atoms with Crippen LogP contribution in [-0.4, -0.2) is 26.2 Å². The lowest BCUT2D eigenvalue weighted by Gasteiger charge is -1.98. The first-order valence-electron chi connectivity index (χ1n) is 5.90. The van der Waals surface area contributed by atoms with E-state index in [2.05, 4.69) is 9.97 Å². The SMILES string of the molecule is O=C(O)Cc1nccc2c1[nH]c1cc(CO)ccc12. The van der Waals surface area contributed by atoms with Gasteiger partial charge in [0.05, 0.1) is 24.2 Å². The van der Waals surface area contributed by atoms with Gasteiger partial charge in [0, 0.05) is 22.5 Å². The lowest BCUT2D eigenvalue weighted by atomic mass is 10.1. The van der Waals surface area contributed by atoms with Gasteiger partial charge in [0.15, 0.2) is 0 Å². The summed E-state index contributed by atoms with van der Waals surface area (Å²) >= 11 is 0. The summed E-state index contributed by atoms with van der Waals surface area (Å²) in [5, 5.41) is 20.0. The smallest absolute Gasteiger partial charge is 0.309 e. The normalized spacial score (nSPS) is 11.2. The van der Waals surface area contributed by atoms with E-state index in [1.165, 1.54) is 0 Å². The highest BCUT2D eigenvalue weighted by molar-refractivity contribution is 6.08. The molecule has 5 heteroatoms. The van der Waals surface area contributed by atoms with Crippen LogP contribution in [0.15, 0.2) is 30.5 Å². The number of aliphatic carboxylic acids is 1. The van der Waals surface area contributed by atoms with Gasteiger partial charge in [0.1, 0.15) is 0 Å². The average molecular weight is 256 g/mol. The van der Waals surface area contributed by atoms with Crippen molar-refractivity contribution in [1.82, 2.24) is 9.97 Å². The molecule has 0 aliphatic heterocycles. The summed E-state index contributed by atoms with van der Waals surface area (Å²) in [5.74, 6) is -0.908. The Bertz CT molecular complexity index is 777. The van der Waals surface area contributed by atoms with Gasteiger partial charge in [-0.05, 0) is 17.7 Å². The number of aliphatic hydroxyl groups excluding tert-OH is 1. The number of nitrogens with one attached hydrogen (secondary N) is 1. The summed E-state index contributed by atoms with van der Waals surface area (Å²) in [5.41, 5.74) is 2.95. The van der Waals surface area contributed by atoms with Gasteiger partial charge in [-0.3, -0.25) is 9.78 Å². The van der Waals surface area contributed by atoms with E-state index in [-0.39, 0.29) is 13.0 Å². The quantitative estimate of drug-likeness (QED) is 0.667. The van der Waals surface area contributed by atoms with Crippen molar-refractivity contribution in [3.05, 3.63) is 41.7 Å². The van der Waals surface area contributed by atoms with Crippen molar-refractivity contribution < 1.29 is 15.0 Å². The standard InChI is InChI=1S/C14H12N2O3/c17-7-8-1-2-9-10-3-4-15-12(6-13(18)19)14(10)16-11(9)5-8/h1-5,16-17H,6-7H2,(H,18,19). The molecule has 0 aliphatic rings. The Morgan fingerprint density at radius 1 is 1.26 bits per heavy atom. The molecule has 96 valence electrons. The lowest BCUT2D eigenvalue weighted by molar-refractivity contribution is -0.136. The Labute approximate surface area is 108 Å². The Morgan fingerprint density at radius 3 is 2.84 bits per heavy atom. The van der Waals surface area contributed by atoms with E-state index in [0.29, 0.717) is 5.69 Å². The maximum absolute atomic E-state index is 10.8. The van der Waals surface area contributed by atoms with Gasteiger partial charge in [-0.1, -0.05) is 12.1 Å². The molecule has 5 nitrogen and oxygen atoms in total. The third-order valence-electron chi connectivity index (χ3n) is 3.16. The Hall–Kier alpha value is -2.40. The van der Waals surface area contributed by atoms with Gasteiger partial charge in [-0.2, -0.15) is 0 Å². The van der Waals surface area contributed by atoms with Crippen LogP contribution in [0, 0.1) is 0 Å². The summed E-state index contributed by atoms with van der Waals surface area (Å²) in [4.78, 5) is 18.2. The number of hydrogen-bond acceptors (Lipinski definition) is 3. The van der Waals surface area contributed by atoms with E-state index < -0.39 is 5.97 Å². The summed E-state index contributed by atoms with van der Waals surface area (Å²) in [6, 6.07) is 7.50. The molecule has 0 spiro atoms. The Morgan fingerprint density at radius 2 is 2.11 bits per heavy atom. The second-order valence-corrected chi connectivity index (χ2v) is 4.41. The van der Waals surface area contributed by atoms with Crippen LogP contribution in [-0.2, 0) is 17.8 Å². The number of carbonyl (C=O) groups is 1. The fourth-order valence-electron chi connectivity index (χ4n) is 2.31. The van der Waals surface area contributed by atoms with Gasteiger partial charge < -0.3 is 15.2 Å². The summed E-state index contributed by atoms with van der Waals surface area (Å²) in [6.45, 7) is -0.0223. The molecule has 0 unspecified atom stereocenters. The molecule has 2 heterocycles. The minimum absolute atomic E-state index is 0.0223. The fraction of sp³-hybridized carbons (Fsp3) is 0.143. The van der Waals surface area contributed by atoms with Crippen molar-refractivity contribution >= 4 is 27.8 Å². The highest BCUT2D eigenvalue weighted by atomic mass is 16.4. The van der Waals surface area contributed by atoms with Crippen LogP contribution in [0.5, 0.6) is 0 Å². The number of nitrogens with zero attached hydrogens (tertiary/aromatic N) is 1. The first kappa shape index (κ1) is 11.7.